The summed E-state index contributed by atoms with van der Waals surface area (Å²) in [6, 6.07) is 10.6. The smallest absolute Gasteiger partial charge is 0.358 e. The lowest BCUT2D eigenvalue weighted by Gasteiger charge is -2.13. The molecule has 10 nitrogen and oxygen atoms in total. The zero-order valence-electron chi connectivity index (χ0n) is 17.1. The molecule has 0 aliphatic rings. The van der Waals surface area contributed by atoms with Crippen LogP contribution in [0.4, 0.5) is 5.82 Å². The van der Waals surface area contributed by atoms with Gasteiger partial charge in [-0.15, -0.1) is 0 Å². The highest BCUT2D eigenvalue weighted by Gasteiger charge is 2.15. The largest absolute Gasteiger partial charge is 0.389 e. The molecule has 4 rings (SSSR count). The number of fused-ring (bicyclic) bond motifs is 1. The lowest BCUT2D eigenvalue weighted by molar-refractivity contribution is -0.389. The minimum absolute atomic E-state index is 0.104. The van der Waals surface area contributed by atoms with Gasteiger partial charge in [-0.2, -0.15) is 9.78 Å². The van der Waals surface area contributed by atoms with Gasteiger partial charge in [-0.3, -0.25) is 14.0 Å². The average molecular weight is 440 g/mol. The Labute approximate surface area is 181 Å². The van der Waals surface area contributed by atoms with E-state index >= 15 is 0 Å². The summed E-state index contributed by atoms with van der Waals surface area (Å²) in [6.07, 6.45) is 2.25. The average Bonchev–Trinajstić information content (AvgIpc) is 3.34. The molecule has 3 aromatic heterocycles. The van der Waals surface area contributed by atoms with E-state index in [-0.39, 0.29) is 11.4 Å². The van der Waals surface area contributed by atoms with Gasteiger partial charge in [0, 0.05) is 18.8 Å². The Morgan fingerprint density at radius 3 is 2.65 bits per heavy atom. The van der Waals surface area contributed by atoms with Crippen molar-refractivity contribution in [2.24, 2.45) is 0 Å². The summed E-state index contributed by atoms with van der Waals surface area (Å²) in [7, 11) is 0. The summed E-state index contributed by atoms with van der Waals surface area (Å²) in [5.41, 5.74) is 2.56. The number of aromatic nitrogens is 6. The van der Waals surface area contributed by atoms with Crippen LogP contribution in [0, 0.1) is 24.0 Å². The summed E-state index contributed by atoms with van der Waals surface area (Å²) in [4.78, 5) is 28.1. The van der Waals surface area contributed by atoms with E-state index in [2.05, 4.69) is 15.2 Å². The van der Waals surface area contributed by atoms with E-state index in [1.165, 1.54) is 28.7 Å². The van der Waals surface area contributed by atoms with Crippen LogP contribution in [0.3, 0.4) is 0 Å². The predicted octanol–water partition coefficient (Wildman–Crippen LogP) is 3.15. The summed E-state index contributed by atoms with van der Waals surface area (Å²) in [6.45, 7) is 5.13. The summed E-state index contributed by atoms with van der Waals surface area (Å²) in [5.74, 6) is 0.0881. The highest BCUT2D eigenvalue weighted by molar-refractivity contribution is 7.98. The third-order valence-electron chi connectivity index (χ3n) is 4.82. The Morgan fingerprint density at radius 2 is 1.94 bits per heavy atom. The van der Waals surface area contributed by atoms with Crippen molar-refractivity contribution in [2.75, 3.05) is 0 Å². The molecule has 0 unspecified atom stereocenters. The fourth-order valence-corrected chi connectivity index (χ4v) is 4.26. The molecule has 0 bridgehead atoms. The van der Waals surface area contributed by atoms with Gasteiger partial charge in [0.25, 0.3) is 5.56 Å². The summed E-state index contributed by atoms with van der Waals surface area (Å²) >= 11 is 1.32. The maximum absolute atomic E-state index is 13.1. The second kappa shape index (κ2) is 8.72. The highest BCUT2D eigenvalue weighted by atomic mass is 32.2. The van der Waals surface area contributed by atoms with Crippen LogP contribution in [0.15, 0.2) is 52.5 Å². The van der Waals surface area contributed by atoms with Crippen molar-refractivity contribution in [3.8, 4) is 0 Å². The van der Waals surface area contributed by atoms with Crippen LogP contribution in [0.25, 0.3) is 10.9 Å². The van der Waals surface area contributed by atoms with Crippen molar-refractivity contribution in [3.05, 3.63) is 74.5 Å². The van der Waals surface area contributed by atoms with Crippen LogP contribution in [0.1, 0.15) is 17.8 Å². The van der Waals surface area contributed by atoms with Gasteiger partial charge >= 0.3 is 5.82 Å². The molecule has 0 spiro atoms. The Bertz CT molecular complexity index is 1310. The summed E-state index contributed by atoms with van der Waals surface area (Å²) < 4.78 is 5.06. The lowest BCUT2D eigenvalue weighted by Crippen LogP contribution is -2.24. The van der Waals surface area contributed by atoms with Crippen molar-refractivity contribution >= 4 is 28.5 Å². The first-order valence-electron chi connectivity index (χ1n) is 9.73. The quantitative estimate of drug-likeness (QED) is 0.179. The number of hydrogen-bond acceptors (Lipinski definition) is 7. The predicted molar refractivity (Wildman–Crippen MR) is 117 cm³/mol. The van der Waals surface area contributed by atoms with E-state index < -0.39 is 4.92 Å². The lowest BCUT2D eigenvalue weighted by atomic mass is 10.2. The van der Waals surface area contributed by atoms with Gasteiger partial charge < -0.3 is 10.1 Å². The van der Waals surface area contributed by atoms with Crippen LogP contribution < -0.4 is 5.56 Å². The molecule has 0 saturated carbocycles. The molecule has 0 aliphatic carbocycles. The Morgan fingerprint density at radius 1 is 1.13 bits per heavy atom. The van der Waals surface area contributed by atoms with Crippen LogP contribution in [-0.2, 0) is 19.0 Å². The molecule has 1 aromatic carbocycles. The van der Waals surface area contributed by atoms with Gasteiger partial charge in [0.15, 0.2) is 5.16 Å². The van der Waals surface area contributed by atoms with E-state index in [4.69, 9.17) is 0 Å². The number of thioether (sulfide) groups is 1. The fourth-order valence-electron chi connectivity index (χ4n) is 3.38. The first kappa shape index (κ1) is 20.8. The number of benzene rings is 1. The van der Waals surface area contributed by atoms with Gasteiger partial charge in [-0.1, -0.05) is 23.9 Å². The first-order chi connectivity index (χ1) is 14.9. The van der Waals surface area contributed by atoms with E-state index in [9.17, 15) is 14.9 Å². The molecular weight excluding hydrogens is 418 g/mol. The standard InChI is InChI=1S/C20H21N7O3S/c1-14-12-15(2)26(22-14)10-5-9-25-19(28)16-6-3-4-7-17(16)21-20(25)31-13-24-11-8-18(23-24)27(29)30/h3-4,6-8,11-12H,5,9-10,13H2,1-2H3. The number of para-hydroxylation sites is 1. The van der Waals surface area contributed by atoms with Crippen LogP contribution >= 0.6 is 11.8 Å². The van der Waals surface area contributed by atoms with Gasteiger partial charge in [0.05, 0.1) is 34.0 Å². The molecule has 0 saturated heterocycles. The highest BCUT2D eigenvalue weighted by Crippen LogP contribution is 2.20. The zero-order valence-corrected chi connectivity index (χ0v) is 17.9. The van der Waals surface area contributed by atoms with Crippen LogP contribution in [0.5, 0.6) is 0 Å². The van der Waals surface area contributed by atoms with Crippen molar-refractivity contribution in [3.63, 3.8) is 0 Å². The number of hydrogen-bond donors (Lipinski definition) is 0. The molecule has 4 aromatic rings. The second-order valence-electron chi connectivity index (χ2n) is 7.12. The van der Waals surface area contributed by atoms with Gasteiger partial charge in [0.1, 0.15) is 5.88 Å². The minimum atomic E-state index is -0.537. The number of nitrogens with zero attached hydrogens (tertiary/aromatic N) is 7. The minimum Gasteiger partial charge on any atom is -0.358 e. The van der Waals surface area contributed by atoms with E-state index in [0.717, 1.165) is 11.4 Å². The monoisotopic (exact) mass is 439 g/mol. The molecule has 0 amide bonds. The Kier molecular flexibility index (Phi) is 5.85. The zero-order chi connectivity index (χ0) is 22.0. The van der Waals surface area contributed by atoms with Crippen LogP contribution in [0.2, 0.25) is 0 Å². The van der Waals surface area contributed by atoms with Gasteiger partial charge in [-0.25, -0.2) is 4.98 Å². The SMILES string of the molecule is Cc1cc(C)n(CCCn2c(SCn3ccc([N+](=O)[O-])n3)nc3ccccc3c2=O)n1. The molecule has 160 valence electrons. The van der Waals surface area contributed by atoms with E-state index in [0.29, 0.717) is 41.4 Å². The van der Waals surface area contributed by atoms with E-state index in [1.54, 1.807) is 16.7 Å². The van der Waals surface area contributed by atoms with Gasteiger partial charge in [0.2, 0.25) is 0 Å². The Hall–Kier alpha value is -3.47. The van der Waals surface area contributed by atoms with Crippen molar-refractivity contribution < 1.29 is 4.92 Å². The van der Waals surface area contributed by atoms with Crippen molar-refractivity contribution in [1.29, 1.82) is 0 Å². The molecule has 11 heteroatoms. The molecule has 0 fully saturated rings. The number of aryl methyl sites for hydroxylation is 3. The van der Waals surface area contributed by atoms with E-state index in [1.807, 2.05) is 36.7 Å². The topological polar surface area (TPSA) is 114 Å². The third-order valence-corrected chi connectivity index (χ3v) is 5.78. The Balaban J connectivity index is 1.58. The maximum atomic E-state index is 13.1. The maximum Gasteiger partial charge on any atom is 0.389 e. The van der Waals surface area contributed by atoms with Crippen molar-refractivity contribution in [2.45, 2.75) is 44.4 Å². The van der Waals surface area contributed by atoms with Crippen molar-refractivity contribution in [1.82, 2.24) is 29.1 Å². The molecule has 3 heterocycles. The number of nitro groups is 1. The number of rotatable bonds is 8. The van der Waals surface area contributed by atoms with Gasteiger partial charge in [-0.05, 0) is 43.4 Å². The molecule has 0 radical (unpaired) electrons. The third kappa shape index (κ3) is 4.50. The molecule has 0 atom stereocenters. The second-order valence-corrected chi connectivity index (χ2v) is 8.03. The molecular formula is C20H21N7O3S. The first-order valence-corrected chi connectivity index (χ1v) is 10.7. The molecule has 0 aliphatic heterocycles. The summed E-state index contributed by atoms with van der Waals surface area (Å²) in [5, 5.41) is 20.4. The fraction of sp³-hybridized carbons (Fsp3) is 0.300. The van der Waals surface area contributed by atoms with Crippen LogP contribution in [-0.4, -0.2) is 34.0 Å². The normalized spacial score (nSPS) is 11.3. The molecule has 0 N–H and O–H groups in total. The molecule has 31 heavy (non-hydrogen) atoms.